The van der Waals surface area contributed by atoms with Crippen LogP contribution < -0.4 is 9.47 Å². The van der Waals surface area contributed by atoms with Gasteiger partial charge in [-0.25, -0.2) is 4.79 Å². The number of carbonyl (C=O) groups is 3. The molecule has 6 heteroatoms. The van der Waals surface area contributed by atoms with Crippen molar-refractivity contribution in [3.8, 4) is 11.5 Å². The summed E-state index contributed by atoms with van der Waals surface area (Å²) in [5, 5.41) is 9.14. The van der Waals surface area contributed by atoms with Gasteiger partial charge in [0.25, 0.3) is 0 Å². The molecule has 0 fully saturated rings. The highest BCUT2D eigenvalue weighted by molar-refractivity contribution is 5.95. The van der Waals surface area contributed by atoms with Gasteiger partial charge in [0, 0.05) is 19.9 Å². The van der Waals surface area contributed by atoms with Gasteiger partial charge in [0.05, 0.1) is 0 Å². The fourth-order valence-corrected chi connectivity index (χ4v) is 2.19. The Morgan fingerprint density at radius 1 is 0.760 bits per heavy atom. The molecule has 0 spiro atoms. The lowest BCUT2D eigenvalue weighted by molar-refractivity contribution is -0.132. The van der Waals surface area contributed by atoms with Crippen molar-refractivity contribution >= 4 is 23.5 Å². The molecule has 2 rings (SSSR count). The highest BCUT2D eigenvalue weighted by atomic mass is 16.5. The van der Waals surface area contributed by atoms with Gasteiger partial charge in [0.1, 0.15) is 11.5 Å². The monoisotopic (exact) mass is 340 g/mol. The van der Waals surface area contributed by atoms with Crippen molar-refractivity contribution in [2.24, 2.45) is 0 Å². The van der Waals surface area contributed by atoms with E-state index in [1.165, 1.54) is 13.8 Å². The molecule has 1 N–H and O–H groups in total. The molecule has 0 amide bonds. The number of esters is 2. The van der Waals surface area contributed by atoms with Crippen molar-refractivity contribution in [1.29, 1.82) is 0 Å². The topological polar surface area (TPSA) is 89.9 Å². The average molecular weight is 340 g/mol. The van der Waals surface area contributed by atoms with Crippen LogP contribution in [0.2, 0.25) is 0 Å². The van der Waals surface area contributed by atoms with Crippen LogP contribution in [0.5, 0.6) is 11.5 Å². The maximum atomic E-state index is 11.2. The molecule has 2 aromatic carbocycles. The Bertz CT molecular complexity index is 754. The van der Waals surface area contributed by atoms with Gasteiger partial charge in [0.2, 0.25) is 0 Å². The largest absolute Gasteiger partial charge is 0.478 e. The molecule has 0 atom stereocenters. The van der Waals surface area contributed by atoms with Crippen molar-refractivity contribution in [3.63, 3.8) is 0 Å². The Morgan fingerprint density at radius 2 is 1.12 bits per heavy atom. The Hall–Kier alpha value is -3.41. The van der Waals surface area contributed by atoms with Crippen LogP contribution >= 0.6 is 0 Å². The lowest BCUT2D eigenvalue weighted by atomic mass is 9.97. The zero-order chi connectivity index (χ0) is 18.4. The van der Waals surface area contributed by atoms with Crippen LogP contribution in [0.1, 0.15) is 25.0 Å². The van der Waals surface area contributed by atoms with E-state index >= 15 is 0 Å². The zero-order valence-corrected chi connectivity index (χ0v) is 13.7. The number of hydrogen-bond acceptors (Lipinski definition) is 5. The normalized spacial score (nSPS) is 9.84. The Balaban J connectivity index is 2.35. The van der Waals surface area contributed by atoms with E-state index in [2.05, 4.69) is 0 Å². The molecular weight excluding hydrogens is 324 g/mol. The molecule has 128 valence electrons. The van der Waals surface area contributed by atoms with Crippen LogP contribution in [0.4, 0.5) is 0 Å². The third-order valence-corrected chi connectivity index (χ3v) is 3.12. The molecule has 0 radical (unpaired) electrons. The number of rotatable bonds is 5. The van der Waals surface area contributed by atoms with Crippen LogP contribution in [0, 0.1) is 0 Å². The second-order valence-electron chi connectivity index (χ2n) is 5.13. The van der Waals surface area contributed by atoms with Crippen LogP contribution in [-0.4, -0.2) is 23.0 Å². The van der Waals surface area contributed by atoms with Crippen molar-refractivity contribution in [2.45, 2.75) is 13.8 Å². The molecule has 0 heterocycles. The summed E-state index contributed by atoms with van der Waals surface area (Å²) in [5.74, 6) is -1.22. The van der Waals surface area contributed by atoms with Gasteiger partial charge in [-0.1, -0.05) is 24.3 Å². The Morgan fingerprint density at radius 3 is 1.40 bits per heavy atom. The smallest absolute Gasteiger partial charge is 0.328 e. The van der Waals surface area contributed by atoms with Crippen molar-refractivity contribution in [1.82, 2.24) is 0 Å². The van der Waals surface area contributed by atoms with Crippen LogP contribution in [0.25, 0.3) is 5.57 Å². The summed E-state index contributed by atoms with van der Waals surface area (Å²) in [7, 11) is 0. The molecule has 2 aromatic rings. The summed E-state index contributed by atoms with van der Waals surface area (Å²) in [6.45, 7) is 2.60. The van der Waals surface area contributed by atoms with E-state index in [1.54, 1.807) is 48.5 Å². The molecule has 0 aliphatic rings. The molecule has 6 nitrogen and oxygen atoms in total. The summed E-state index contributed by atoms with van der Waals surface area (Å²) < 4.78 is 9.93. The second kappa shape index (κ2) is 7.92. The van der Waals surface area contributed by atoms with E-state index in [0.29, 0.717) is 28.2 Å². The number of carboxylic acids is 1. The van der Waals surface area contributed by atoms with Crippen LogP contribution in [0.3, 0.4) is 0 Å². The maximum Gasteiger partial charge on any atom is 0.328 e. The van der Waals surface area contributed by atoms with E-state index in [1.807, 2.05) is 0 Å². The van der Waals surface area contributed by atoms with Gasteiger partial charge in [-0.2, -0.15) is 0 Å². The predicted octanol–water partition coefficient (Wildman–Crippen LogP) is 3.05. The van der Waals surface area contributed by atoms with E-state index in [9.17, 15) is 14.4 Å². The molecule has 0 aliphatic heterocycles. The first-order valence-corrected chi connectivity index (χ1v) is 7.37. The highest BCUT2D eigenvalue weighted by Crippen LogP contribution is 2.27. The lowest BCUT2D eigenvalue weighted by Crippen LogP contribution is -2.02. The molecule has 25 heavy (non-hydrogen) atoms. The number of ether oxygens (including phenoxy) is 2. The SMILES string of the molecule is CC(=O)Oc1ccc(C(=CC(=O)O)c2ccc(OC(C)=O)cc2)cc1. The first-order valence-electron chi connectivity index (χ1n) is 7.37. The minimum absolute atomic E-state index is 0.371. The van der Waals surface area contributed by atoms with Gasteiger partial charge in [-0.15, -0.1) is 0 Å². The minimum atomic E-state index is -1.09. The number of benzene rings is 2. The van der Waals surface area contributed by atoms with E-state index in [-0.39, 0.29) is 0 Å². The number of aliphatic carboxylic acids is 1. The average Bonchev–Trinajstić information content (AvgIpc) is 2.53. The molecule has 0 bridgehead atoms. The van der Waals surface area contributed by atoms with E-state index < -0.39 is 17.9 Å². The fraction of sp³-hybridized carbons (Fsp3) is 0.105. The number of hydrogen-bond donors (Lipinski definition) is 1. The Kier molecular flexibility index (Phi) is 5.68. The quantitative estimate of drug-likeness (QED) is 0.511. The lowest BCUT2D eigenvalue weighted by Gasteiger charge is -2.10. The van der Waals surface area contributed by atoms with Crippen LogP contribution in [0.15, 0.2) is 54.6 Å². The van der Waals surface area contributed by atoms with Gasteiger partial charge < -0.3 is 14.6 Å². The molecule has 0 saturated heterocycles. The van der Waals surface area contributed by atoms with Crippen molar-refractivity contribution in [3.05, 3.63) is 65.7 Å². The zero-order valence-electron chi connectivity index (χ0n) is 13.7. The first-order chi connectivity index (χ1) is 11.8. The van der Waals surface area contributed by atoms with Crippen molar-refractivity contribution in [2.75, 3.05) is 0 Å². The van der Waals surface area contributed by atoms with Gasteiger partial charge in [0.15, 0.2) is 0 Å². The van der Waals surface area contributed by atoms with E-state index in [4.69, 9.17) is 14.6 Å². The molecule has 0 aromatic heterocycles. The summed E-state index contributed by atoms with van der Waals surface area (Å²) in [4.78, 5) is 33.1. The molecular formula is C19H16O6. The third-order valence-electron chi connectivity index (χ3n) is 3.12. The maximum absolute atomic E-state index is 11.2. The minimum Gasteiger partial charge on any atom is -0.478 e. The third kappa shape index (κ3) is 5.31. The standard InChI is InChI=1S/C19H16O6/c1-12(20)24-16-7-3-14(4-8-16)18(11-19(22)23)15-5-9-17(10-6-15)25-13(2)21/h3-11H,1-2H3,(H,22,23). The molecule has 0 unspecified atom stereocenters. The van der Waals surface area contributed by atoms with E-state index in [0.717, 1.165) is 6.08 Å². The Labute approximate surface area is 144 Å². The summed E-state index contributed by atoms with van der Waals surface area (Å²) in [5.41, 5.74) is 1.74. The van der Waals surface area contributed by atoms with Gasteiger partial charge >= 0.3 is 17.9 Å². The van der Waals surface area contributed by atoms with Crippen molar-refractivity contribution < 1.29 is 29.0 Å². The molecule has 0 aliphatic carbocycles. The highest BCUT2D eigenvalue weighted by Gasteiger charge is 2.09. The predicted molar refractivity (Wildman–Crippen MR) is 90.2 cm³/mol. The summed E-state index contributed by atoms with van der Waals surface area (Å²) in [6, 6.07) is 13.0. The van der Waals surface area contributed by atoms with Crippen LogP contribution in [-0.2, 0) is 14.4 Å². The first kappa shape index (κ1) is 17.9. The number of carboxylic acid groups (broad SMARTS) is 1. The fourth-order valence-electron chi connectivity index (χ4n) is 2.19. The summed E-state index contributed by atoms with van der Waals surface area (Å²) >= 11 is 0. The number of carbonyl (C=O) groups excluding carboxylic acids is 2. The summed E-state index contributed by atoms with van der Waals surface area (Å²) in [6.07, 6.45) is 1.08. The molecule has 0 saturated carbocycles. The van der Waals surface area contributed by atoms with Gasteiger partial charge in [-0.05, 0) is 41.0 Å². The van der Waals surface area contributed by atoms with Gasteiger partial charge in [-0.3, -0.25) is 9.59 Å². The second-order valence-corrected chi connectivity index (χ2v) is 5.13.